The molecular formula is C9H6BrN3O3S. The molecule has 0 aromatic carbocycles. The van der Waals surface area contributed by atoms with Gasteiger partial charge in [0, 0.05) is 0 Å². The highest BCUT2D eigenvalue weighted by Crippen LogP contribution is 2.22. The van der Waals surface area contributed by atoms with Crippen molar-refractivity contribution in [1.29, 1.82) is 0 Å². The number of carbonyl (C=O) groups is 1. The van der Waals surface area contributed by atoms with Crippen molar-refractivity contribution in [3.8, 4) is 0 Å². The molecule has 0 bridgehead atoms. The van der Waals surface area contributed by atoms with E-state index in [4.69, 9.17) is 0 Å². The van der Waals surface area contributed by atoms with Crippen LogP contribution in [0.25, 0.3) is 0 Å². The van der Waals surface area contributed by atoms with Crippen LogP contribution in [0.4, 0.5) is 5.69 Å². The lowest BCUT2D eigenvalue weighted by atomic mass is 10.3. The van der Waals surface area contributed by atoms with E-state index in [9.17, 15) is 14.9 Å². The molecule has 2 heterocycles. The van der Waals surface area contributed by atoms with E-state index in [0.29, 0.717) is 4.88 Å². The van der Waals surface area contributed by atoms with Crippen LogP contribution < -0.4 is 0 Å². The number of nitrogens with zero attached hydrogens (tertiary/aromatic N) is 3. The summed E-state index contributed by atoms with van der Waals surface area (Å²) in [5.41, 5.74) is -0.120. The zero-order chi connectivity index (χ0) is 12.4. The van der Waals surface area contributed by atoms with Crippen LogP contribution in [0.3, 0.4) is 0 Å². The molecule has 0 aliphatic rings. The van der Waals surface area contributed by atoms with Crippen LogP contribution >= 0.6 is 27.3 Å². The molecule has 0 saturated heterocycles. The van der Waals surface area contributed by atoms with Gasteiger partial charge in [-0.1, -0.05) is 0 Å². The third-order valence-corrected chi connectivity index (χ3v) is 3.65. The van der Waals surface area contributed by atoms with Gasteiger partial charge in [-0.25, -0.2) is 0 Å². The van der Waals surface area contributed by atoms with E-state index < -0.39 is 4.92 Å². The van der Waals surface area contributed by atoms with Gasteiger partial charge in [-0.15, -0.1) is 11.3 Å². The SMILES string of the molecule is O=C(Cn1cc([N+](=O)[O-])cn1)c1ccc(Br)s1. The first kappa shape index (κ1) is 11.9. The normalized spacial score (nSPS) is 10.4. The van der Waals surface area contributed by atoms with Crippen molar-refractivity contribution in [2.45, 2.75) is 6.54 Å². The number of halogens is 1. The fourth-order valence-electron chi connectivity index (χ4n) is 1.22. The number of thiophene rings is 1. The summed E-state index contributed by atoms with van der Waals surface area (Å²) in [6.45, 7) is 0.000787. The third kappa shape index (κ3) is 2.77. The van der Waals surface area contributed by atoms with Crippen LogP contribution in [0, 0.1) is 10.1 Å². The molecule has 17 heavy (non-hydrogen) atoms. The second kappa shape index (κ2) is 4.76. The Hall–Kier alpha value is -1.54. The molecule has 2 aromatic rings. The lowest BCUT2D eigenvalue weighted by Crippen LogP contribution is -2.09. The van der Waals surface area contributed by atoms with Gasteiger partial charge in [0.05, 0.1) is 13.6 Å². The fraction of sp³-hybridized carbons (Fsp3) is 0.111. The highest BCUT2D eigenvalue weighted by atomic mass is 79.9. The van der Waals surface area contributed by atoms with Crippen LogP contribution in [0.15, 0.2) is 28.3 Å². The first-order valence-electron chi connectivity index (χ1n) is 4.51. The Morgan fingerprint density at radius 2 is 2.35 bits per heavy atom. The van der Waals surface area contributed by atoms with Gasteiger partial charge < -0.3 is 0 Å². The van der Waals surface area contributed by atoms with E-state index in [1.54, 1.807) is 12.1 Å². The number of nitro groups is 1. The average molecular weight is 316 g/mol. The quantitative estimate of drug-likeness (QED) is 0.493. The highest BCUT2D eigenvalue weighted by Gasteiger charge is 2.13. The Labute approximate surface area is 108 Å². The van der Waals surface area contributed by atoms with E-state index in [1.807, 2.05) is 0 Å². The Balaban J connectivity index is 2.10. The molecule has 0 N–H and O–H groups in total. The van der Waals surface area contributed by atoms with Gasteiger partial charge >= 0.3 is 5.69 Å². The molecule has 2 aromatic heterocycles. The van der Waals surface area contributed by atoms with E-state index >= 15 is 0 Å². The second-order valence-electron chi connectivity index (χ2n) is 3.18. The van der Waals surface area contributed by atoms with Crippen LogP contribution in [0.2, 0.25) is 0 Å². The second-order valence-corrected chi connectivity index (χ2v) is 5.64. The summed E-state index contributed by atoms with van der Waals surface area (Å²) in [5, 5.41) is 14.2. The van der Waals surface area contributed by atoms with Gasteiger partial charge in [0.1, 0.15) is 18.9 Å². The lowest BCUT2D eigenvalue weighted by Gasteiger charge is -1.97. The number of hydrogen-bond acceptors (Lipinski definition) is 5. The van der Waals surface area contributed by atoms with Gasteiger partial charge in [-0.3, -0.25) is 19.6 Å². The molecule has 0 aliphatic heterocycles. The van der Waals surface area contributed by atoms with Gasteiger partial charge in [-0.05, 0) is 28.1 Å². The molecule has 0 aliphatic carbocycles. The van der Waals surface area contributed by atoms with Crippen molar-refractivity contribution in [1.82, 2.24) is 9.78 Å². The fourth-order valence-corrected chi connectivity index (χ4v) is 2.54. The molecule has 0 amide bonds. The number of hydrogen-bond donors (Lipinski definition) is 0. The minimum absolute atomic E-state index is 0.000787. The van der Waals surface area contributed by atoms with E-state index in [2.05, 4.69) is 21.0 Å². The standard InChI is InChI=1S/C9H6BrN3O3S/c10-9-2-1-8(17-9)7(14)5-12-4-6(3-11-12)13(15)16/h1-4H,5H2. The predicted molar refractivity (Wildman–Crippen MR) is 65.2 cm³/mol. The van der Waals surface area contributed by atoms with E-state index in [-0.39, 0.29) is 18.0 Å². The molecule has 0 radical (unpaired) electrons. The van der Waals surface area contributed by atoms with Crippen LogP contribution in [0.1, 0.15) is 9.67 Å². The molecule has 0 spiro atoms. The Kier molecular flexibility index (Phi) is 3.34. The minimum atomic E-state index is -0.546. The number of ketones is 1. The molecule has 0 unspecified atom stereocenters. The molecule has 0 fully saturated rings. The van der Waals surface area contributed by atoms with Crippen molar-refractivity contribution >= 4 is 38.7 Å². The zero-order valence-electron chi connectivity index (χ0n) is 8.37. The molecule has 0 saturated carbocycles. The largest absolute Gasteiger partial charge is 0.307 e. The zero-order valence-corrected chi connectivity index (χ0v) is 10.8. The predicted octanol–water partition coefficient (Wildman–Crippen LogP) is 2.50. The highest BCUT2D eigenvalue weighted by molar-refractivity contribution is 9.11. The third-order valence-electron chi connectivity index (χ3n) is 1.98. The lowest BCUT2D eigenvalue weighted by molar-refractivity contribution is -0.385. The van der Waals surface area contributed by atoms with Crippen molar-refractivity contribution in [3.05, 3.63) is 43.3 Å². The summed E-state index contributed by atoms with van der Waals surface area (Å²) < 4.78 is 2.13. The smallest absolute Gasteiger partial charge is 0.291 e. The molecule has 2 rings (SSSR count). The van der Waals surface area contributed by atoms with Crippen LogP contribution in [0.5, 0.6) is 0 Å². The molecule has 8 heteroatoms. The number of rotatable bonds is 4. The average Bonchev–Trinajstić information content (AvgIpc) is 2.86. The molecular weight excluding hydrogens is 310 g/mol. The summed E-state index contributed by atoms with van der Waals surface area (Å²) in [7, 11) is 0. The van der Waals surface area contributed by atoms with E-state index in [0.717, 1.165) is 9.98 Å². The van der Waals surface area contributed by atoms with Gasteiger partial charge in [0.25, 0.3) is 0 Å². The Bertz CT molecular complexity index is 578. The number of Topliss-reactive ketones (excluding diaryl/α,β-unsaturated/α-hetero) is 1. The minimum Gasteiger partial charge on any atom is -0.291 e. The maximum Gasteiger partial charge on any atom is 0.307 e. The van der Waals surface area contributed by atoms with Crippen molar-refractivity contribution < 1.29 is 9.72 Å². The summed E-state index contributed by atoms with van der Waals surface area (Å²) in [5.74, 6) is -0.126. The summed E-state index contributed by atoms with van der Waals surface area (Å²) >= 11 is 4.58. The number of carbonyl (C=O) groups excluding carboxylic acids is 1. The Morgan fingerprint density at radius 3 is 2.88 bits per heavy atom. The topological polar surface area (TPSA) is 78.0 Å². The summed E-state index contributed by atoms with van der Waals surface area (Å²) in [6, 6.07) is 3.48. The first-order chi connectivity index (χ1) is 8.06. The summed E-state index contributed by atoms with van der Waals surface area (Å²) in [6.07, 6.45) is 2.36. The van der Waals surface area contributed by atoms with Gasteiger partial charge in [-0.2, -0.15) is 5.10 Å². The molecule has 6 nitrogen and oxygen atoms in total. The van der Waals surface area contributed by atoms with Gasteiger partial charge in [0.2, 0.25) is 0 Å². The van der Waals surface area contributed by atoms with Crippen LogP contribution in [-0.2, 0) is 6.54 Å². The maximum atomic E-state index is 11.8. The maximum absolute atomic E-state index is 11.8. The van der Waals surface area contributed by atoms with E-state index in [1.165, 1.54) is 22.2 Å². The van der Waals surface area contributed by atoms with Crippen molar-refractivity contribution in [2.75, 3.05) is 0 Å². The van der Waals surface area contributed by atoms with Crippen molar-refractivity contribution in [2.24, 2.45) is 0 Å². The first-order valence-corrected chi connectivity index (χ1v) is 6.12. The Morgan fingerprint density at radius 1 is 1.59 bits per heavy atom. The number of aromatic nitrogens is 2. The molecule has 88 valence electrons. The molecule has 0 atom stereocenters. The van der Waals surface area contributed by atoms with Crippen LogP contribution in [-0.4, -0.2) is 20.5 Å². The monoisotopic (exact) mass is 315 g/mol. The van der Waals surface area contributed by atoms with Gasteiger partial charge in [0.15, 0.2) is 5.78 Å². The summed E-state index contributed by atoms with van der Waals surface area (Å²) in [4.78, 5) is 22.2. The van der Waals surface area contributed by atoms with Crippen molar-refractivity contribution in [3.63, 3.8) is 0 Å².